The Hall–Kier alpha value is -4.07. The molecule has 14 nitrogen and oxygen atoms in total. The quantitative estimate of drug-likeness (QED) is 0.172. The molecule has 3 aliphatic heterocycles. The summed E-state index contributed by atoms with van der Waals surface area (Å²) in [5.41, 5.74) is 0.127. The van der Waals surface area contributed by atoms with Gasteiger partial charge < -0.3 is 39.2 Å². The number of hydrogen-bond acceptors (Lipinski definition) is 10. The van der Waals surface area contributed by atoms with Gasteiger partial charge in [0.25, 0.3) is 0 Å². The second-order valence-electron chi connectivity index (χ2n) is 13.4. The van der Waals surface area contributed by atoms with Crippen LogP contribution in [-0.4, -0.2) is 111 Å². The summed E-state index contributed by atoms with van der Waals surface area (Å²) in [4.78, 5) is 26.0. The summed E-state index contributed by atoms with van der Waals surface area (Å²) in [5.74, 6) is 2.70. The Balaban J connectivity index is 1.42. The topological polar surface area (TPSA) is 173 Å². The minimum atomic E-state index is -4.27. The first kappa shape index (κ1) is 37.2. The van der Waals surface area contributed by atoms with Crippen molar-refractivity contribution in [3.05, 3.63) is 54.1 Å². The average molecular weight is 716 g/mol. The fourth-order valence-corrected chi connectivity index (χ4v) is 8.43. The van der Waals surface area contributed by atoms with Crippen molar-refractivity contribution in [2.45, 2.75) is 68.9 Å². The van der Waals surface area contributed by atoms with Gasteiger partial charge in [-0.3, -0.25) is 4.90 Å². The predicted octanol–water partition coefficient (Wildman–Crippen LogP) is 3.29. The zero-order valence-corrected chi connectivity index (χ0v) is 29.0. The van der Waals surface area contributed by atoms with Crippen LogP contribution in [0.15, 0.2) is 53.4 Å². The lowest BCUT2D eigenvalue weighted by Gasteiger charge is -2.40. The van der Waals surface area contributed by atoms with E-state index >= 15 is 0 Å². The largest absolute Gasteiger partial charge is 0.465 e. The molecule has 0 radical (unpaired) electrons. The number of amides is 2. The number of rotatable bonds is 16. The zero-order chi connectivity index (χ0) is 35.9. The first-order chi connectivity index (χ1) is 23.9. The number of alkyl carbamates (subject to hydrolysis) is 1. The maximum Gasteiger partial charge on any atom is 0.408 e. The molecule has 2 aromatic rings. The van der Waals surface area contributed by atoms with Crippen molar-refractivity contribution in [2.24, 2.45) is 11.3 Å². The van der Waals surface area contributed by atoms with Crippen LogP contribution >= 0.6 is 0 Å². The molecular formula is C35H45N3O11S. The van der Waals surface area contributed by atoms with Gasteiger partial charge in [0.05, 0.1) is 36.3 Å². The Kier molecular flexibility index (Phi) is 12.1. The van der Waals surface area contributed by atoms with Crippen molar-refractivity contribution >= 4 is 22.2 Å². The summed E-state index contributed by atoms with van der Waals surface area (Å²) in [5, 5.41) is 25.3. The Morgan fingerprint density at radius 2 is 1.90 bits per heavy atom. The number of hydrogen-bond donors (Lipinski definition) is 3. The SMILES string of the molecule is C#CCOC(=O)NCCCC(C)(C)CN(C[C@@H](O)[C@H](Cc1ccccc1)N(C(=O)O)[C@H]1CO[C@H]2OCC[C@H]21)S(=O)(=O)c1ccc2c(c1)OCO2. The van der Waals surface area contributed by atoms with Crippen molar-refractivity contribution in [2.75, 3.05) is 46.2 Å². The van der Waals surface area contributed by atoms with Gasteiger partial charge in [0.15, 0.2) is 24.4 Å². The third kappa shape index (κ3) is 8.98. The molecule has 0 saturated carbocycles. The molecule has 5 rings (SSSR count). The molecule has 0 aromatic heterocycles. The van der Waals surface area contributed by atoms with E-state index < -0.39 is 58.6 Å². The maximum absolute atomic E-state index is 14.4. The van der Waals surface area contributed by atoms with Crippen LogP contribution in [0.5, 0.6) is 11.5 Å². The normalized spacial score (nSPS) is 20.9. The summed E-state index contributed by atoms with van der Waals surface area (Å²) < 4.78 is 57.2. The second kappa shape index (κ2) is 16.3. The summed E-state index contributed by atoms with van der Waals surface area (Å²) in [7, 11) is -4.27. The molecule has 2 amide bonds. The van der Waals surface area contributed by atoms with E-state index in [1.807, 2.05) is 44.2 Å². The van der Waals surface area contributed by atoms with Crippen molar-refractivity contribution in [1.82, 2.24) is 14.5 Å². The molecule has 0 aliphatic carbocycles. The highest BCUT2D eigenvalue weighted by molar-refractivity contribution is 7.89. The van der Waals surface area contributed by atoms with E-state index in [0.29, 0.717) is 31.6 Å². The number of carbonyl (C=O) groups is 2. The van der Waals surface area contributed by atoms with Gasteiger partial charge in [0, 0.05) is 31.6 Å². The molecule has 3 N–H and O–H groups in total. The third-order valence-corrected chi connectivity index (χ3v) is 11.0. The number of aliphatic hydroxyl groups is 1. The summed E-state index contributed by atoms with van der Waals surface area (Å²) >= 11 is 0. The molecule has 2 aromatic carbocycles. The molecular weight excluding hydrogens is 670 g/mol. The van der Waals surface area contributed by atoms with E-state index in [2.05, 4.69) is 11.2 Å². The predicted molar refractivity (Wildman–Crippen MR) is 180 cm³/mol. The Labute approximate surface area is 292 Å². The molecule has 0 unspecified atom stereocenters. The van der Waals surface area contributed by atoms with Crippen LogP contribution in [0.3, 0.4) is 0 Å². The van der Waals surface area contributed by atoms with Crippen molar-refractivity contribution in [3.63, 3.8) is 0 Å². The zero-order valence-electron chi connectivity index (χ0n) is 28.2. The van der Waals surface area contributed by atoms with Crippen LogP contribution in [0, 0.1) is 23.7 Å². The van der Waals surface area contributed by atoms with E-state index in [1.54, 1.807) is 0 Å². The number of nitrogens with one attached hydrogen (secondary N) is 1. The lowest BCUT2D eigenvalue weighted by molar-refractivity contribution is -0.0906. The highest BCUT2D eigenvalue weighted by atomic mass is 32.2. The lowest BCUT2D eigenvalue weighted by Crippen LogP contribution is -2.58. The molecule has 50 heavy (non-hydrogen) atoms. The van der Waals surface area contributed by atoms with E-state index in [4.69, 9.17) is 30.1 Å². The Morgan fingerprint density at radius 3 is 2.64 bits per heavy atom. The number of fused-ring (bicyclic) bond motifs is 2. The van der Waals surface area contributed by atoms with Crippen LogP contribution in [-0.2, 0) is 30.7 Å². The van der Waals surface area contributed by atoms with Gasteiger partial charge in [-0.15, -0.1) is 6.42 Å². The molecule has 2 fully saturated rings. The van der Waals surface area contributed by atoms with Gasteiger partial charge in [0.1, 0.15) is 0 Å². The Morgan fingerprint density at radius 1 is 1.14 bits per heavy atom. The van der Waals surface area contributed by atoms with Crippen LogP contribution in [0.4, 0.5) is 9.59 Å². The van der Waals surface area contributed by atoms with Crippen LogP contribution < -0.4 is 14.8 Å². The highest BCUT2D eigenvalue weighted by Gasteiger charge is 2.49. The fraction of sp³-hybridized carbons (Fsp3) is 0.543. The molecule has 0 bridgehead atoms. The third-order valence-electron chi connectivity index (χ3n) is 9.24. The average Bonchev–Trinajstić information content (AvgIpc) is 3.84. The minimum absolute atomic E-state index is 0.0292. The number of carboxylic acid groups (broad SMARTS) is 1. The van der Waals surface area contributed by atoms with E-state index in [9.17, 15) is 28.2 Å². The molecule has 5 atom stereocenters. The number of nitrogens with zero attached hydrogens (tertiary/aromatic N) is 2. The molecule has 3 heterocycles. The first-order valence-electron chi connectivity index (χ1n) is 16.6. The maximum atomic E-state index is 14.4. The number of ether oxygens (including phenoxy) is 5. The van der Waals surface area contributed by atoms with Crippen molar-refractivity contribution < 1.29 is 51.9 Å². The van der Waals surface area contributed by atoms with Gasteiger partial charge in [-0.2, -0.15) is 4.31 Å². The summed E-state index contributed by atoms with van der Waals surface area (Å²) in [6.45, 7) is 3.95. The summed E-state index contributed by atoms with van der Waals surface area (Å²) in [6, 6.07) is 11.9. The molecule has 0 spiro atoms. The van der Waals surface area contributed by atoms with Crippen molar-refractivity contribution in [3.8, 4) is 23.8 Å². The highest BCUT2D eigenvalue weighted by Crippen LogP contribution is 2.38. The standard InChI is InChI=1S/C35H45N3O11S/c1-4-16-46-33(40)36-15-8-14-35(2,3)22-37(50(43,44)25-11-12-30-31(19-25)49-23-48-30)20-29(39)27(18-24-9-6-5-7-10-24)38(34(41)42)28-21-47-32-26(28)13-17-45-32/h1,5-7,9-12,19,26-29,32,39H,8,13-18,20-23H2,2-3H3,(H,36,40)(H,41,42)/t26-,27-,28-,29+,32+/m0/s1. The molecule has 3 aliphatic rings. The van der Waals surface area contributed by atoms with E-state index in [-0.39, 0.29) is 56.1 Å². The van der Waals surface area contributed by atoms with E-state index in [1.165, 1.54) is 27.4 Å². The number of carbonyl (C=O) groups excluding carboxylic acids is 1. The van der Waals surface area contributed by atoms with Gasteiger partial charge in [-0.05, 0) is 48.8 Å². The van der Waals surface area contributed by atoms with Crippen LogP contribution in [0.1, 0.15) is 38.7 Å². The molecule has 2 saturated heterocycles. The van der Waals surface area contributed by atoms with Crippen molar-refractivity contribution in [1.29, 1.82) is 0 Å². The van der Waals surface area contributed by atoms with Gasteiger partial charge >= 0.3 is 12.2 Å². The number of sulfonamides is 1. The fourth-order valence-electron chi connectivity index (χ4n) is 6.77. The smallest absolute Gasteiger partial charge is 0.408 e. The second-order valence-corrected chi connectivity index (χ2v) is 15.3. The monoisotopic (exact) mass is 715 g/mol. The number of aliphatic hydroxyl groups excluding tert-OH is 1. The minimum Gasteiger partial charge on any atom is -0.465 e. The number of benzene rings is 2. The lowest BCUT2D eigenvalue weighted by atomic mass is 9.87. The van der Waals surface area contributed by atoms with Crippen LogP contribution in [0.2, 0.25) is 0 Å². The van der Waals surface area contributed by atoms with Crippen LogP contribution in [0.25, 0.3) is 0 Å². The van der Waals surface area contributed by atoms with Gasteiger partial charge in [0.2, 0.25) is 16.8 Å². The molecule has 15 heteroatoms. The first-order valence-corrected chi connectivity index (χ1v) is 18.0. The Bertz CT molecular complexity index is 1630. The van der Waals surface area contributed by atoms with Gasteiger partial charge in [-0.1, -0.05) is 50.1 Å². The summed E-state index contributed by atoms with van der Waals surface area (Å²) in [6.07, 6.45) is 2.97. The van der Waals surface area contributed by atoms with Gasteiger partial charge in [-0.25, -0.2) is 18.0 Å². The molecule has 272 valence electrons. The number of terminal acetylenes is 1. The van der Waals surface area contributed by atoms with E-state index in [0.717, 1.165) is 5.56 Å².